The van der Waals surface area contributed by atoms with Crippen molar-refractivity contribution in [2.24, 2.45) is 0 Å². The summed E-state index contributed by atoms with van der Waals surface area (Å²) in [5.74, 6) is -3.00. The number of halogens is 4. The topological polar surface area (TPSA) is 86.5 Å². The molecule has 0 aliphatic heterocycles. The van der Waals surface area contributed by atoms with Gasteiger partial charge in [-0.3, -0.25) is 10.1 Å². The summed E-state index contributed by atoms with van der Waals surface area (Å²) < 4.78 is 62.7. The first-order valence-electron chi connectivity index (χ1n) is 4.00. The van der Waals surface area contributed by atoms with E-state index in [9.17, 15) is 31.7 Å². The number of nitrogens with zero attached hydrogens (tertiary/aromatic N) is 1. The first-order chi connectivity index (χ1) is 8.12. The van der Waals surface area contributed by atoms with Crippen LogP contribution in [0, 0.1) is 15.9 Å². The third kappa shape index (κ3) is 3.23. The Balaban J connectivity index is 3.52. The van der Waals surface area contributed by atoms with Gasteiger partial charge in [0.05, 0.1) is 9.82 Å². The van der Waals surface area contributed by atoms with Crippen LogP contribution in [0.25, 0.3) is 0 Å². The Hall–Kier alpha value is -1.55. The molecule has 0 N–H and O–H groups in total. The third-order valence-electron chi connectivity index (χ3n) is 1.69. The molecule has 0 aliphatic carbocycles. The van der Waals surface area contributed by atoms with Gasteiger partial charge in [-0.05, 0) is 0 Å². The molecule has 11 heteroatoms. The number of benzene rings is 1. The maximum Gasteiger partial charge on any atom is 0.387 e. The van der Waals surface area contributed by atoms with Gasteiger partial charge in [-0.15, -0.1) is 0 Å². The number of nitro benzene ring substituents is 1. The quantitative estimate of drug-likeness (QED) is 0.484. The van der Waals surface area contributed by atoms with Gasteiger partial charge in [-0.25, -0.2) is 8.42 Å². The van der Waals surface area contributed by atoms with Crippen molar-refractivity contribution in [2.75, 3.05) is 0 Å². The number of rotatable bonds is 4. The molecule has 0 saturated heterocycles. The molecule has 0 radical (unpaired) electrons. The number of nitro groups is 1. The third-order valence-corrected chi connectivity index (χ3v) is 3.02. The van der Waals surface area contributed by atoms with Crippen LogP contribution in [-0.2, 0) is 9.05 Å². The number of alkyl halides is 2. The fourth-order valence-corrected chi connectivity index (χ4v) is 1.78. The Kier molecular flexibility index (Phi) is 4.02. The van der Waals surface area contributed by atoms with Gasteiger partial charge in [0.1, 0.15) is 0 Å². The SMILES string of the molecule is O=[N+]([O-])c1cc(S(=O)(=O)Cl)cc(OC(F)F)c1F. The molecule has 0 aromatic heterocycles. The van der Waals surface area contributed by atoms with E-state index in [-0.39, 0.29) is 0 Å². The lowest BCUT2D eigenvalue weighted by molar-refractivity contribution is -0.387. The normalized spacial score (nSPS) is 11.6. The van der Waals surface area contributed by atoms with Gasteiger partial charge in [0.15, 0.2) is 5.75 Å². The molecule has 0 saturated carbocycles. The summed E-state index contributed by atoms with van der Waals surface area (Å²) in [4.78, 5) is 8.21. The average molecular weight is 306 g/mol. The van der Waals surface area contributed by atoms with Crippen LogP contribution in [0.1, 0.15) is 0 Å². The molecule has 0 fully saturated rings. The molecule has 0 atom stereocenters. The fourth-order valence-electron chi connectivity index (χ4n) is 1.01. The second-order valence-corrected chi connectivity index (χ2v) is 5.39. The molecule has 0 aliphatic rings. The molecular formula is C7H3ClF3NO5S. The highest BCUT2D eigenvalue weighted by molar-refractivity contribution is 8.13. The lowest BCUT2D eigenvalue weighted by atomic mass is 10.3. The summed E-state index contributed by atoms with van der Waals surface area (Å²) in [5, 5.41) is 10.4. The van der Waals surface area contributed by atoms with Crippen molar-refractivity contribution >= 4 is 25.4 Å². The first-order valence-corrected chi connectivity index (χ1v) is 6.31. The van der Waals surface area contributed by atoms with E-state index in [4.69, 9.17) is 10.7 Å². The number of ether oxygens (including phenoxy) is 1. The van der Waals surface area contributed by atoms with Gasteiger partial charge in [0, 0.05) is 22.8 Å². The highest BCUT2D eigenvalue weighted by Gasteiger charge is 2.26. The van der Waals surface area contributed by atoms with E-state index in [1.54, 1.807) is 0 Å². The summed E-state index contributed by atoms with van der Waals surface area (Å²) in [6.45, 7) is -3.48. The van der Waals surface area contributed by atoms with Crippen molar-refractivity contribution in [3.63, 3.8) is 0 Å². The van der Waals surface area contributed by atoms with E-state index in [1.807, 2.05) is 0 Å². The Bertz CT molecular complexity index is 591. The first kappa shape index (κ1) is 14.5. The smallest absolute Gasteiger partial charge is 0.387 e. The molecule has 1 aromatic rings. The molecule has 100 valence electrons. The average Bonchev–Trinajstić information content (AvgIpc) is 2.18. The Labute approximate surface area is 102 Å². The molecule has 6 nitrogen and oxygen atoms in total. The minimum absolute atomic E-state index is 0.302. The monoisotopic (exact) mass is 305 g/mol. The molecule has 0 heterocycles. The van der Waals surface area contributed by atoms with Crippen LogP contribution in [0.4, 0.5) is 18.9 Å². The summed E-state index contributed by atoms with van der Waals surface area (Å²) in [6, 6.07) is 0.632. The second kappa shape index (κ2) is 4.98. The lowest BCUT2D eigenvalue weighted by Gasteiger charge is -2.07. The van der Waals surface area contributed by atoms with Crippen LogP contribution < -0.4 is 4.74 Å². The van der Waals surface area contributed by atoms with E-state index < -0.39 is 42.7 Å². The molecule has 18 heavy (non-hydrogen) atoms. The molecular weight excluding hydrogens is 303 g/mol. The van der Waals surface area contributed by atoms with Crippen LogP contribution in [0.2, 0.25) is 0 Å². The van der Waals surface area contributed by atoms with Gasteiger partial charge < -0.3 is 4.74 Å². The standard InChI is InChI=1S/C7H3ClF3NO5S/c8-18(15,16)3-1-4(12(13)14)6(9)5(2-3)17-7(10)11/h1-2,7H. The molecule has 0 bridgehead atoms. The summed E-state index contributed by atoms with van der Waals surface area (Å²) in [5.41, 5.74) is -1.34. The van der Waals surface area contributed by atoms with Crippen molar-refractivity contribution in [3.05, 3.63) is 28.1 Å². The summed E-state index contributed by atoms with van der Waals surface area (Å²) >= 11 is 0. The Morgan fingerprint density at radius 3 is 2.33 bits per heavy atom. The predicted molar refractivity (Wildman–Crippen MR) is 52.7 cm³/mol. The van der Waals surface area contributed by atoms with Gasteiger partial charge in [-0.2, -0.15) is 13.2 Å². The summed E-state index contributed by atoms with van der Waals surface area (Å²) in [6.07, 6.45) is 0. The van der Waals surface area contributed by atoms with Gasteiger partial charge in [0.2, 0.25) is 5.82 Å². The zero-order chi connectivity index (χ0) is 14.1. The van der Waals surface area contributed by atoms with Crippen molar-refractivity contribution in [2.45, 2.75) is 11.5 Å². The minimum atomic E-state index is -4.46. The molecule has 0 spiro atoms. The Morgan fingerprint density at radius 1 is 1.39 bits per heavy atom. The Morgan fingerprint density at radius 2 is 1.94 bits per heavy atom. The van der Waals surface area contributed by atoms with E-state index in [1.165, 1.54) is 0 Å². The van der Waals surface area contributed by atoms with Gasteiger partial charge in [-0.1, -0.05) is 0 Å². The van der Waals surface area contributed by atoms with Crippen molar-refractivity contribution in [1.82, 2.24) is 0 Å². The maximum absolute atomic E-state index is 13.3. The fraction of sp³-hybridized carbons (Fsp3) is 0.143. The van der Waals surface area contributed by atoms with Crippen LogP contribution in [0.3, 0.4) is 0 Å². The maximum atomic E-state index is 13.3. The van der Waals surface area contributed by atoms with Crippen LogP contribution in [0.15, 0.2) is 17.0 Å². The van der Waals surface area contributed by atoms with Crippen LogP contribution in [0.5, 0.6) is 5.75 Å². The van der Waals surface area contributed by atoms with Gasteiger partial charge in [0.25, 0.3) is 9.05 Å². The van der Waals surface area contributed by atoms with E-state index >= 15 is 0 Å². The zero-order valence-electron chi connectivity index (χ0n) is 8.14. The zero-order valence-corrected chi connectivity index (χ0v) is 9.71. The van der Waals surface area contributed by atoms with Gasteiger partial charge >= 0.3 is 12.3 Å². The lowest BCUT2D eigenvalue weighted by Crippen LogP contribution is -2.07. The van der Waals surface area contributed by atoms with Crippen molar-refractivity contribution < 1.29 is 31.2 Å². The highest BCUT2D eigenvalue weighted by Crippen LogP contribution is 2.32. The highest BCUT2D eigenvalue weighted by atomic mass is 35.7. The number of hydrogen-bond acceptors (Lipinski definition) is 5. The molecule has 0 amide bonds. The summed E-state index contributed by atoms with van der Waals surface area (Å²) in [7, 11) is 0.423. The predicted octanol–water partition coefficient (Wildman–Crippen LogP) is 2.26. The van der Waals surface area contributed by atoms with E-state index in [0.29, 0.717) is 12.1 Å². The van der Waals surface area contributed by atoms with Crippen molar-refractivity contribution in [3.8, 4) is 5.75 Å². The van der Waals surface area contributed by atoms with E-state index in [2.05, 4.69) is 4.74 Å². The minimum Gasteiger partial charge on any atom is -0.431 e. The molecule has 1 rings (SSSR count). The molecule has 0 unspecified atom stereocenters. The number of hydrogen-bond donors (Lipinski definition) is 0. The van der Waals surface area contributed by atoms with Crippen molar-refractivity contribution in [1.29, 1.82) is 0 Å². The van der Waals surface area contributed by atoms with Crippen LogP contribution >= 0.6 is 10.7 Å². The molecule has 1 aromatic carbocycles. The largest absolute Gasteiger partial charge is 0.431 e. The van der Waals surface area contributed by atoms with Crippen LogP contribution in [-0.4, -0.2) is 20.0 Å². The van der Waals surface area contributed by atoms with E-state index in [0.717, 1.165) is 0 Å². The second-order valence-electron chi connectivity index (χ2n) is 2.83.